The van der Waals surface area contributed by atoms with Gasteiger partial charge in [0.2, 0.25) is 6.08 Å². The summed E-state index contributed by atoms with van der Waals surface area (Å²) >= 11 is 1.67. The van der Waals surface area contributed by atoms with Crippen LogP contribution in [0.1, 0.15) is 17.8 Å². The van der Waals surface area contributed by atoms with Crippen LogP contribution < -0.4 is 0 Å². The van der Waals surface area contributed by atoms with E-state index in [1.54, 1.807) is 17.4 Å². The topological polar surface area (TPSA) is 29.4 Å². The van der Waals surface area contributed by atoms with Crippen molar-refractivity contribution in [2.75, 3.05) is 0 Å². The van der Waals surface area contributed by atoms with Crippen LogP contribution in [0.2, 0.25) is 0 Å². The molecule has 2 rings (SSSR count). The predicted octanol–water partition coefficient (Wildman–Crippen LogP) is 3.30. The van der Waals surface area contributed by atoms with Crippen molar-refractivity contribution in [1.29, 1.82) is 0 Å². The van der Waals surface area contributed by atoms with Crippen LogP contribution in [0.25, 0.3) is 10.1 Å². The molecule has 3 heteroatoms. The molecule has 0 N–H and O–H groups in total. The first-order valence-electron chi connectivity index (χ1n) is 4.36. The molecule has 0 aliphatic heterocycles. The molecule has 0 aliphatic carbocycles. The minimum atomic E-state index is -0.0788. The number of hydrogen-bond acceptors (Lipinski definition) is 3. The summed E-state index contributed by atoms with van der Waals surface area (Å²) in [7, 11) is 0. The summed E-state index contributed by atoms with van der Waals surface area (Å²) in [6.07, 6.45) is 1.59. The summed E-state index contributed by atoms with van der Waals surface area (Å²) < 4.78 is 1.23. The van der Waals surface area contributed by atoms with Gasteiger partial charge in [-0.3, -0.25) is 0 Å². The molecule has 0 fully saturated rings. The van der Waals surface area contributed by atoms with Gasteiger partial charge in [-0.1, -0.05) is 18.2 Å². The Balaban J connectivity index is 2.49. The fourth-order valence-electron chi connectivity index (χ4n) is 1.35. The maximum absolute atomic E-state index is 10.1. The lowest BCUT2D eigenvalue weighted by Crippen LogP contribution is -1.81. The average Bonchev–Trinajstić information content (AvgIpc) is 2.61. The molecule has 0 aliphatic rings. The van der Waals surface area contributed by atoms with E-state index >= 15 is 0 Å². The molecular weight excluding hydrogens is 194 g/mol. The Labute approximate surface area is 85.9 Å². The van der Waals surface area contributed by atoms with Gasteiger partial charge in [-0.2, -0.15) is 4.99 Å². The highest BCUT2D eigenvalue weighted by molar-refractivity contribution is 7.19. The minimum Gasteiger partial charge on any atom is -0.211 e. The van der Waals surface area contributed by atoms with Crippen LogP contribution >= 0.6 is 11.3 Å². The zero-order valence-electron chi connectivity index (χ0n) is 7.73. The van der Waals surface area contributed by atoms with Crippen molar-refractivity contribution in [3.8, 4) is 0 Å². The summed E-state index contributed by atoms with van der Waals surface area (Å²) in [5.74, 6) is 0. The standard InChI is InChI=1S/C11H9NOS/c1-8(12-7-13)11-6-9-4-2-3-5-10(9)14-11/h2-6,8H,1H3. The van der Waals surface area contributed by atoms with Gasteiger partial charge in [0.25, 0.3) is 0 Å². The molecule has 2 nitrogen and oxygen atoms in total. The first-order chi connectivity index (χ1) is 6.81. The average molecular weight is 203 g/mol. The van der Waals surface area contributed by atoms with E-state index in [1.165, 1.54) is 10.1 Å². The van der Waals surface area contributed by atoms with E-state index in [-0.39, 0.29) is 6.04 Å². The van der Waals surface area contributed by atoms with Gasteiger partial charge in [0.05, 0.1) is 6.04 Å². The second-order valence-electron chi connectivity index (χ2n) is 3.08. The van der Waals surface area contributed by atoms with Gasteiger partial charge in [0.1, 0.15) is 0 Å². The lowest BCUT2D eigenvalue weighted by Gasteiger charge is -1.96. The molecule has 0 spiro atoms. The van der Waals surface area contributed by atoms with Gasteiger partial charge >= 0.3 is 0 Å². The summed E-state index contributed by atoms with van der Waals surface area (Å²) in [6, 6.07) is 10.1. The molecule has 14 heavy (non-hydrogen) atoms. The number of isocyanates is 1. The van der Waals surface area contributed by atoms with Crippen LogP contribution in [-0.4, -0.2) is 6.08 Å². The van der Waals surface area contributed by atoms with Crippen molar-refractivity contribution < 1.29 is 4.79 Å². The summed E-state index contributed by atoms with van der Waals surface area (Å²) in [6.45, 7) is 1.90. The van der Waals surface area contributed by atoms with Crippen LogP contribution in [0.3, 0.4) is 0 Å². The second kappa shape index (κ2) is 3.74. The quantitative estimate of drug-likeness (QED) is 0.544. The second-order valence-corrected chi connectivity index (χ2v) is 4.20. The number of aliphatic imine (C=N–C) groups is 1. The van der Waals surface area contributed by atoms with Crippen LogP contribution in [-0.2, 0) is 4.79 Å². The molecular formula is C11H9NOS. The van der Waals surface area contributed by atoms with Gasteiger partial charge < -0.3 is 0 Å². The Morgan fingerprint density at radius 3 is 2.93 bits per heavy atom. The van der Waals surface area contributed by atoms with E-state index < -0.39 is 0 Å². The molecule has 0 saturated heterocycles. The monoisotopic (exact) mass is 203 g/mol. The van der Waals surface area contributed by atoms with Gasteiger partial charge in [0, 0.05) is 9.58 Å². The summed E-state index contributed by atoms with van der Waals surface area (Å²) in [4.78, 5) is 14.9. The van der Waals surface area contributed by atoms with Crippen LogP contribution in [0.15, 0.2) is 35.3 Å². The van der Waals surface area contributed by atoms with Crippen molar-refractivity contribution in [3.63, 3.8) is 0 Å². The largest absolute Gasteiger partial charge is 0.235 e. The fraction of sp³-hybridized carbons (Fsp3) is 0.182. The number of hydrogen-bond donors (Lipinski definition) is 0. The van der Waals surface area contributed by atoms with Crippen molar-refractivity contribution in [1.82, 2.24) is 0 Å². The molecule has 1 aromatic carbocycles. The Kier molecular flexibility index (Phi) is 2.44. The zero-order chi connectivity index (χ0) is 9.97. The number of rotatable bonds is 2. The minimum absolute atomic E-state index is 0.0788. The van der Waals surface area contributed by atoms with Crippen LogP contribution in [0.4, 0.5) is 0 Å². The third-order valence-corrected chi connectivity index (χ3v) is 3.39. The highest BCUT2D eigenvalue weighted by Crippen LogP contribution is 2.30. The number of nitrogens with zero attached hydrogens (tertiary/aromatic N) is 1. The van der Waals surface area contributed by atoms with E-state index in [9.17, 15) is 4.79 Å². The van der Waals surface area contributed by atoms with E-state index in [0.29, 0.717) is 0 Å². The molecule has 0 saturated carbocycles. The maximum atomic E-state index is 10.1. The maximum Gasteiger partial charge on any atom is 0.235 e. The molecule has 1 atom stereocenters. The SMILES string of the molecule is CC(N=C=O)c1cc2ccccc2s1. The third-order valence-electron chi connectivity index (χ3n) is 2.10. The van der Waals surface area contributed by atoms with E-state index in [2.05, 4.69) is 23.2 Å². The zero-order valence-corrected chi connectivity index (χ0v) is 8.54. The van der Waals surface area contributed by atoms with Crippen molar-refractivity contribution in [2.45, 2.75) is 13.0 Å². The summed E-state index contributed by atoms with van der Waals surface area (Å²) in [5.41, 5.74) is 0. The van der Waals surface area contributed by atoms with E-state index in [0.717, 1.165) is 4.88 Å². The van der Waals surface area contributed by atoms with Crippen molar-refractivity contribution in [3.05, 3.63) is 35.2 Å². The molecule has 70 valence electrons. The number of benzene rings is 1. The van der Waals surface area contributed by atoms with Gasteiger partial charge in [-0.05, 0) is 24.4 Å². The third kappa shape index (κ3) is 1.60. The number of thiophene rings is 1. The highest BCUT2D eigenvalue weighted by Gasteiger charge is 2.07. The number of carbonyl (C=O) groups excluding carboxylic acids is 1. The van der Waals surface area contributed by atoms with E-state index in [1.807, 2.05) is 19.1 Å². The molecule has 0 radical (unpaired) electrons. The van der Waals surface area contributed by atoms with Crippen molar-refractivity contribution in [2.24, 2.45) is 4.99 Å². The smallest absolute Gasteiger partial charge is 0.211 e. The molecule has 1 aromatic heterocycles. The summed E-state index contributed by atoms with van der Waals surface area (Å²) in [5, 5.41) is 1.21. The Morgan fingerprint density at radius 1 is 1.43 bits per heavy atom. The lowest BCUT2D eigenvalue weighted by molar-refractivity contribution is 0.560. The van der Waals surface area contributed by atoms with E-state index in [4.69, 9.17) is 0 Å². The van der Waals surface area contributed by atoms with Gasteiger partial charge in [-0.15, -0.1) is 11.3 Å². The molecule has 1 heterocycles. The molecule has 2 aromatic rings. The molecule has 0 amide bonds. The Morgan fingerprint density at radius 2 is 2.21 bits per heavy atom. The number of fused-ring (bicyclic) bond motifs is 1. The molecule has 1 unspecified atom stereocenters. The normalized spacial score (nSPS) is 12.4. The lowest BCUT2D eigenvalue weighted by atomic mass is 10.2. The Hall–Kier alpha value is -1.44. The highest BCUT2D eigenvalue weighted by atomic mass is 32.1. The first kappa shape index (κ1) is 9.13. The predicted molar refractivity (Wildman–Crippen MR) is 58.4 cm³/mol. The van der Waals surface area contributed by atoms with Gasteiger partial charge in [0.15, 0.2) is 0 Å². The first-order valence-corrected chi connectivity index (χ1v) is 5.18. The molecule has 0 bridgehead atoms. The van der Waals surface area contributed by atoms with Crippen LogP contribution in [0.5, 0.6) is 0 Å². The van der Waals surface area contributed by atoms with Crippen molar-refractivity contribution >= 4 is 27.5 Å². The van der Waals surface area contributed by atoms with Crippen LogP contribution in [0, 0.1) is 0 Å². The van der Waals surface area contributed by atoms with Gasteiger partial charge in [-0.25, -0.2) is 4.79 Å². The Bertz CT molecular complexity index is 464. The fourth-order valence-corrected chi connectivity index (χ4v) is 2.41.